The molecule has 0 amide bonds. The quantitative estimate of drug-likeness (QED) is 0.389. The highest BCUT2D eigenvalue weighted by Crippen LogP contribution is 2.16. The van der Waals surface area contributed by atoms with E-state index in [1.54, 1.807) is 0 Å². The van der Waals surface area contributed by atoms with Crippen LogP contribution in [0.5, 0.6) is 0 Å². The highest BCUT2D eigenvalue weighted by atomic mass is 79.9. The Kier molecular flexibility index (Phi) is 9.21. The molecule has 0 radical (unpaired) electrons. The van der Waals surface area contributed by atoms with Crippen LogP contribution < -0.4 is 10.6 Å². The molecule has 1 aromatic carbocycles. The molecule has 1 saturated heterocycles. The van der Waals surface area contributed by atoms with Gasteiger partial charge < -0.3 is 15.4 Å². The maximum Gasteiger partial charge on any atom is 0.191 e. The molecule has 1 heterocycles. The first-order valence-electron chi connectivity index (χ1n) is 8.95. The fourth-order valence-electron chi connectivity index (χ4n) is 2.67. The highest BCUT2D eigenvalue weighted by Gasteiger charge is 2.09. The van der Waals surface area contributed by atoms with Crippen molar-refractivity contribution in [1.82, 2.24) is 15.5 Å². The van der Waals surface area contributed by atoms with Gasteiger partial charge in [0.05, 0.1) is 17.7 Å². The minimum atomic E-state index is -0.230. The van der Waals surface area contributed by atoms with Crippen LogP contribution >= 0.6 is 15.9 Å². The zero-order valence-electron chi connectivity index (χ0n) is 14.9. The minimum Gasteiger partial charge on any atom is -0.379 e. The number of benzene rings is 1. The third-order valence-electron chi connectivity index (χ3n) is 4.04. The van der Waals surface area contributed by atoms with Crippen molar-refractivity contribution in [1.29, 1.82) is 0 Å². The summed E-state index contributed by atoms with van der Waals surface area (Å²) in [6.45, 7) is 9.24. The molecule has 0 spiro atoms. The smallest absolute Gasteiger partial charge is 0.191 e. The van der Waals surface area contributed by atoms with Crippen LogP contribution in [0.15, 0.2) is 27.7 Å². The van der Waals surface area contributed by atoms with Crippen LogP contribution in [0, 0.1) is 5.82 Å². The van der Waals surface area contributed by atoms with Gasteiger partial charge in [-0.25, -0.2) is 4.39 Å². The second-order valence-electron chi connectivity index (χ2n) is 5.99. The molecule has 1 aromatic rings. The van der Waals surface area contributed by atoms with Crippen molar-refractivity contribution < 1.29 is 9.13 Å². The first kappa shape index (κ1) is 20.1. The molecule has 0 bridgehead atoms. The van der Waals surface area contributed by atoms with Gasteiger partial charge in [0.2, 0.25) is 0 Å². The Morgan fingerprint density at radius 2 is 2.12 bits per heavy atom. The van der Waals surface area contributed by atoms with Crippen molar-refractivity contribution in [3.05, 3.63) is 34.1 Å². The molecule has 7 heteroatoms. The Labute approximate surface area is 158 Å². The second kappa shape index (κ2) is 11.4. The highest BCUT2D eigenvalue weighted by molar-refractivity contribution is 9.10. The number of hydrogen-bond acceptors (Lipinski definition) is 3. The monoisotopic (exact) mass is 414 g/mol. The van der Waals surface area contributed by atoms with Crippen molar-refractivity contribution in [3.63, 3.8) is 0 Å². The van der Waals surface area contributed by atoms with E-state index in [0.29, 0.717) is 4.47 Å². The van der Waals surface area contributed by atoms with Gasteiger partial charge in [-0.2, -0.15) is 0 Å². The van der Waals surface area contributed by atoms with E-state index < -0.39 is 0 Å². The van der Waals surface area contributed by atoms with Gasteiger partial charge in [-0.1, -0.05) is 6.07 Å². The Morgan fingerprint density at radius 1 is 1.32 bits per heavy atom. The number of rotatable bonds is 8. The van der Waals surface area contributed by atoms with Crippen molar-refractivity contribution >= 4 is 21.9 Å². The lowest BCUT2D eigenvalue weighted by atomic mass is 10.1. The van der Waals surface area contributed by atoms with Gasteiger partial charge in [-0.3, -0.25) is 9.89 Å². The maximum absolute atomic E-state index is 13.3. The average molecular weight is 415 g/mol. The average Bonchev–Trinajstić information content (AvgIpc) is 2.62. The van der Waals surface area contributed by atoms with Crippen LogP contribution in [0.25, 0.3) is 0 Å². The molecule has 0 saturated carbocycles. The van der Waals surface area contributed by atoms with Crippen LogP contribution in [-0.2, 0) is 11.2 Å². The normalized spacial score (nSPS) is 16.0. The third kappa shape index (κ3) is 7.71. The number of morpholine rings is 1. The number of aliphatic imine (C=N–C) groups is 1. The molecule has 2 N–H and O–H groups in total. The van der Waals surface area contributed by atoms with Crippen molar-refractivity contribution in [2.45, 2.75) is 19.8 Å². The number of halogens is 2. The first-order valence-corrected chi connectivity index (χ1v) is 9.74. The van der Waals surface area contributed by atoms with E-state index in [1.807, 2.05) is 12.1 Å². The molecule has 0 aliphatic carbocycles. The van der Waals surface area contributed by atoms with Crippen LogP contribution in [0.4, 0.5) is 4.39 Å². The fourth-order valence-corrected chi connectivity index (χ4v) is 3.10. The molecular formula is C18H28BrFN4O. The van der Waals surface area contributed by atoms with Gasteiger partial charge in [-0.05, 0) is 53.4 Å². The lowest BCUT2D eigenvalue weighted by Crippen LogP contribution is -2.39. The molecule has 1 aliphatic rings. The zero-order chi connectivity index (χ0) is 17.9. The number of nitrogens with one attached hydrogen (secondary N) is 2. The number of ether oxygens (including phenoxy) is 1. The Balaban J connectivity index is 1.70. The summed E-state index contributed by atoms with van der Waals surface area (Å²) < 4.78 is 19.1. The summed E-state index contributed by atoms with van der Waals surface area (Å²) in [5, 5.41) is 6.60. The topological polar surface area (TPSA) is 48.9 Å². The Hall–Kier alpha value is -1.18. The summed E-state index contributed by atoms with van der Waals surface area (Å²) in [7, 11) is 0. The van der Waals surface area contributed by atoms with E-state index in [-0.39, 0.29) is 5.82 Å². The summed E-state index contributed by atoms with van der Waals surface area (Å²) in [4.78, 5) is 7.05. The van der Waals surface area contributed by atoms with E-state index in [2.05, 4.69) is 43.4 Å². The minimum absolute atomic E-state index is 0.230. The van der Waals surface area contributed by atoms with Crippen LogP contribution in [-0.4, -0.2) is 63.3 Å². The molecule has 0 unspecified atom stereocenters. The molecule has 140 valence electrons. The van der Waals surface area contributed by atoms with E-state index >= 15 is 0 Å². The van der Waals surface area contributed by atoms with Gasteiger partial charge in [0.25, 0.3) is 0 Å². The largest absolute Gasteiger partial charge is 0.379 e. The zero-order valence-corrected chi connectivity index (χ0v) is 16.4. The number of guanidine groups is 1. The molecular weight excluding hydrogens is 387 g/mol. The van der Waals surface area contributed by atoms with Gasteiger partial charge in [0.15, 0.2) is 5.96 Å². The van der Waals surface area contributed by atoms with Gasteiger partial charge in [0.1, 0.15) is 5.82 Å². The fraction of sp³-hybridized carbons (Fsp3) is 0.611. The van der Waals surface area contributed by atoms with E-state index in [4.69, 9.17) is 4.74 Å². The summed E-state index contributed by atoms with van der Waals surface area (Å²) in [5.74, 6) is 0.609. The summed E-state index contributed by atoms with van der Waals surface area (Å²) in [6.07, 6.45) is 1.86. The number of hydrogen-bond donors (Lipinski definition) is 2. The SMILES string of the molecule is CCNC(=NCCCN1CCOCC1)NCCc1ccc(F)c(Br)c1. The van der Waals surface area contributed by atoms with Crippen LogP contribution in [0.2, 0.25) is 0 Å². The molecule has 1 aliphatic heterocycles. The maximum atomic E-state index is 13.3. The summed E-state index contributed by atoms with van der Waals surface area (Å²) >= 11 is 3.22. The molecule has 0 aromatic heterocycles. The van der Waals surface area contributed by atoms with Gasteiger partial charge in [0, 0.05) is 39.3 Å². The lowest BCUT2D eigenvalue weighted by molar-refractivity contribution is 0.0377. The van der Waals surface area contributed by atoms with Gasteiger partial charge in [-0.15, -0.1) is 0 Å². The predicted octanol–water partition coefficient (Wildman–Crippen LogP) is 2.41. The second-order valence-corrected chi connectivity index (χ2v) is 6.85. The van der Waals surface area contributed by atoms with E-state index in [1.165, 1.54) is 6.07 Å². The van der Waals surface area contributed by atoms with Crippen molar-refractivity contribution in [2.75, 3.05) is 52.5 Å². The van der Waals surface area contributed by atoms with Crippen molar-refractivity contribution in [2.24, 2.45) is 4.99 Å². The Bertz CT molecular complexity index is 550. The van der Waals surface area contributed by atoms with Crippen LogP contribution in [0.1, 0.15) is 18.9 Å². The predicted molar refractivity (Wildman–Crippen MR) is 104 cm³/mol. The van der Waals surface area contributed by atoms with Gasteiger partial charge >= 0.3 is 0 Å². The summed E-state index contributed by atoms with van der Waals surface area (Å²) in [6, 6.07) is 5.13. The first-order chi connectivity index (χ1) is 12.2. The third-order valence-corrected chi connectivity index (χ3v) is 4.65. The molecule has 1 fully saturated rings. The molecule has 25 heavy (non-hydrogen) atoms. The Morgan fingerprint density at radius 3 is 2.84 bits per heavy atom. The van der Waals surface area contributed by atoms with E-state index in [0.717, 1.165) is 76.8 Å². The molecule has 0 atom stereocenters. The van der Waals surface area contributed by atoms with Crippen molar-refractivity contribution in [3.8, 4) is 0 Å². The van der Waals surface area contributed by atoms with E-state index in [9.17, 15) is 4.39 Å². The molecule has 5 nitrogen and oxygen atoms in total. The standard InChI is InChI=1S/C18H28BrFN4O/c1-2-21-18(22-7-3-9-24-10-12-25-13-11-24)23-8-6-15-4-5-17(20)16(19)14-15/h4-5,14H,2-3,6-13H2,1H3,(H2,21,22,23). The summed E-state index contributed by atoms with van der Waals surface area (Å²) in [5.41, 5.74) is 1.09. The number of nitrogens with zero attached hydrogens (tertiary/aromatic N) is 2. The molecule has 2 rings (SSSR count). The van der Waals surface area contributed by atoms with Crippen LogP contribution in [0.3, 0.4) is 0 Å². The lowest BCUT2D eigenvalue weighted by Gasteiger charge is -2.26.